The Hall–Kier alpha value is -1.09. The summed E-state index contributed by atoms with van der Waals surface area (Å²) in [4.78, 5) is 13.2. The Morgan fingerprint density at radius 1 is 1.38 bits per heavy atom. The molecule has 118 valence electrons. The topological polar surface area (TPSA) is 54.5 Å². The smallest absolute Gasteiger partial charge is 0.341 e. The molecule has 0 N–H and O–H groups in total. The van der Waals surface area contributed by atoms with E-state index in [1.807, 2.05) is 0 Å². The molecule has 0 radical (unpaired) electrons. The number of halogens is 3. The molecule has 1 aromatic heterocycles. The second-order valence-electron chi connectivity index (χ2n) is 4.83. The minimum Gasteiger partial charge on any atom is -0.341 e. The number of sulfone groups is 1. The van der Waals surface area contributed by atoms with E-state index in [9.17, 15) is 26.4 Å². The van der Waals surface area contributed by atoms with Crippen molar-refractivity contribution < 1.29 is 26.4 Å². The third kappa shape index (κ3) is 4.19. The van der Waals surface area contributed by atoms with Crippen molar-refractivity contribution in [1.82, 2.24) is 4.90 Å². The molecule has 1 atom stereocenters. The fraction of sp³-hybridized carbons (Fsp3) is 0.583. The van der Waals surface area contributed by atoms with Gasteiger partial charge in [0.25, 0.3) is 0 Å². The molecule has 0 bridgehead atoms. The van der Waals surface area contributed by atoms with Crippen molar-refractivity contribution in [1.29, 1.82) is 0 Å². The molecule has 21 heavy (non-hydrogen) atoms. The lowest BCUT2D eigenvalue weighted by atomic mass is 10.2. The third-order valence-electron chi connectivity index (χ3n) is 3.31. The molecule has 2 rings (SSSR count). The van der Waals surface area contributed by atoms with E-state index >= 15 is 0 Å². The van der Waals surface area contributed by atoms with Crippen molar-refractivity contribution >= 4 is 27.1 Å². The van der Waals surface area contributed by atoms with Crippen molar-refractivity contribution in [2.45, 2.75) is 24.3 Å². The van der Waals surface area contributed by atoms with Gasteiger partial charge in [-0.25, -0.2) is 8.42 Å². The summed E-state index contributed by atoms with van der Waals surface area (Å²) in [6.07, 6.45) is -5.99. The molecule has 0 aromatic carbocycles. The highest BCUT2D eigenvalue weighted by atomic mass is 32.2. The summed E-state index contributed by atoms with van der Waals surface area (Å²) in [5, 5.41) is 1.02. The SMILES string of the molecule is O=C(CC(F)(F)F)N1CC[C@H](c2cccs2)S(=O)(=O)CC1. The van der Waals surface area contributed by atoms with Gasteiger partial charge in [-0.15, -0.1) is 11.3 Å². The van der Waals surface area contributed by atoms with Gasteiger partial charge in [0.15, 0.2) is 9.84 Å². The van der Waals surface area contributed by atoms with E-state index in [2.05, 4.69) is 0 Å². The average molecular weight is 341 g/mol. The quantitative estimate of drug-likeness (QED) is 0.830. The normalized spacial score (nSPS) is 22.8. The fourth-order valence-electron chi connectivity index (χ4n) is 2.27. The second kappa shape index (κ2) is 5.96. The van der Waals surface area contributed by atoms with E-state index in [1.165, 1.54) is 11.3 Å². The molecule has 0 unspecified atom stereocenters. The molecule has 1 aromatic rings. The van der Waals surface area contributed by atoms with Gasteiger partial charge in [0.1, 0.15) is 6.42 Å². The first kappa shape index (κ1) is 16.3. The lowest BCUT2D eigenvalue weighted by Crippen LogP contribution is -2.36. The van der Waals surface area contributed by atoms with Crippen LogP contribution >= 0.6 is 11.3 Å². The molecule has 1 amide bonds. The molecular weight excluding hydrogens is 327 g/mol. The van der Waals surface area contributed by atoms with E-state index in [4.69, 9.17) is 0 Å². The first-order valence-electron chi connectivity index (χ1n) is 6.28. The Balaban J connectivity index is 2.12. The van der Waals surface area contributed by atoms with Crippen molar-refractivity contribution in [2.24, 2.45) is 0 Å². The maximum Gasteiger partial charge on any atom is 0.397 e. The molecule has 0 aliphatic carbocycles. The van der Waals surface area contributed by atoms with Gasteiger partial charge in [0, 0.05) is 18.0 Å². The van der Waals surface area contributed by atoms with Gasteiger partial charge in [0.05, 0.1) is 11.0 Å². The highest BCUT2D eigenvalue weighted by Crippen LogP contribution is 2.32. The predicted octanol–water partition coefficient (Wildman–Crippen LogP) is 2.39. The van der Waals surface area contributed by atoms with Crippen molar-refractivity contribution in [3.63, 3.8) is 0 Å². The van der Waals surface area contributed by atoms with Crippen LogP contribution < -0.4 is 0 Å². The maximum absolute atomic E-state index is 12.3. The summed E-state index contributed by atoms with van der Waals surface area (Å²) < 4.78 is 61.2. The van der Waals surface area contributed by atoms with Crippen LogP contribution in [0.15, 0.2) is 17.5 Å². The number of nitrogens with zero attached hydrogens (tertiary/aromatic N) is 1. The van der Waals surface area contributed by atoms with Gasteiger partial charge in [-0.05, 0) is 17.9 Å². The van der Waals surface area contributed by atoms with E-state index in [1.54, 1.807) is 17.5 Å². The van der Waals surface area contributed by atoms with Crippen LogP contribution in [0.1, 0.15) is 23.0 Å². The van der Waals surface area contributed by atoms with Crippen molar-refractivity contribution in [2.75, 3.05) is 18.8 Å². The number of hydrogen-bond acceptors (Lipinski definition) is 4. The molecular formula is C12H14F3NO3S2. The summed E-state index contributed by atoms with van der Waals surface area (Å²) in [7, 11) is -3.46. The van der Waals surface area contributed by atoms with E-state index in [0.717, 1.165) is 4.90 Å². The van der Waals surface area contributed by atoms with Crippen LogP contribution in [0.5, 0.6) is 0 Å². The van der Waals surface area contributed by atoms with Crippen LogP contribution in [-0.2, 0) is 14.6 Å². The van der Waals surface area contributed by atoms with E-state index in [0.29, 0.717) is 4.88 Å². The minimum absolute atomic E-state index is 0.0245. The van der Waals surface area contributed by atoms with Crippen LogP contribution in [0.4, 0.5) is 13.2 Å². The summed E-state index contributed by atoms with van der Waals surface area (Å²) in [6.45, 7) is -0.157. The molecule has 0 spiro atoms. The monoisotopic (exact) mass is 341 g/mol. The number of hydrogen-bond donors (Lipinski definition) is 0. The number of carbonyl (C=O) groups excluding carboxylic acids is 1. The summed E-state index contributed by atoms with van der Waals surface area (Å²) in [5.74, 6) is -1.37. The Morgan fingerprint density at radius 2 is 2.10 bits per heavy atom. The van der Waals surface area contributed by atoms with E-state index < -0.39 is 33.6 Å². The summed E-state index contributed by atoms with van der Waals surface area (Å²) >= 11 is 1.30. The Morgan fingerprint density at radius 3 is 2.67 bits per heavy atom. The van der Waals surface area contributed by atoms with Crippen LogP contribution in [0, 0.1) is 0 Å². The highest BCUT2D eigenvalue weighted by molar-refractivity contribution is 7.91. The molecule has 4 nitrogen and oxygen atoms in total. The first-order valence-corrected chi connectivity index (χ1v) is 8.88. The third-order valence-corrected chi connectivity index (χ3v) is 6.55. The average Bonchev–Trinajstić information content (AvgIpc) is 2.79. The molecule has 2 heterocycles. The number of carbonyl (C=O) groups is 1. The van der Waals surface area contributed by atoms with Crippen LogP contribution in [0.25, 0.3) is 0 Å². The van der Waals surface area contributed by atoms with Gasteiger partial charge >= 0.3 is 6.18 Å². The van der Waals surface area contributed by atoms with Gasteiger partial charge in [-0.2, -0.15) is 13.2 Å². The van der Waals surface area contributed by atoms with Crippen LogP contribution in [0.2, 0.25) is 0 Å². The lowest BCUT2D eigenvalue weighted by Gasteiger charge is -2.20. The summed E-state index contributed by atoms with van der Waals surface area (Å²) in [6, 6.07) is 3.42. The summed E-state index contributed by atoms with van der Waals surface area (Å²) in [5.41, 5.74) is 0. The minimum atomic E-state index is -4.57. The zero-order valence-electron chi connectivity index (χ0n) is 11.0. The molecule has 1 saturated heterocycles. The Labute approximate surface area is 124 Å². The van der Waals surface area contributed by atoms with Gasteiger partial charge in [-0.3, -0.25) is 4.79 Å². The zero-order chi connectivity index (χ0) is 15.7. The van der Waals surface area contributed by atoms with Crippen molar-refractivity contribution in [3.8, 4) is 0 Å². The maximum atomic E-state index is 12.3. The second-order valence-corrected chi connectivity index (χ2v) is 8.11. The van der Waals surface area contributed by atoms with Gasteiger partial charge in [0.2, 0.25) is 5.91 Å². The first-order chi connectivity index (χ1) is 9.69. The molecule has 1 aliphatic heterocycles. The van der Waals surface area contributed by atoms with Gasteiger partial charge in [-0.1, -0.05) is 6.07 Å². The van der Waals surface area contributed by atoms with Gasteiger partial charge < -0.3 is 4.90 Å². The Kier molecular flexibility index (Phi) is 4.62. The van der Waals surface area contributed by atoms with E-state index in [-0.39, 0.29) is 25.3 Å². The number of amides is 1. The number of alkyl halides is 3. The standard InChI is InChI=1S/C12H14F3NO3S2/c13-12(14,15)8-11(17)16-4-3-10(9-2-1-6-20-9)21(18,19)7-5-16/h1-2,6,10H,3-5,7-8H2/t10-/m1/s1. The Bertz CT molecular complexity index is 596. The number of rotatable bonds is 2. The molecule has 0 saturated carbocycles. The molecule has 1 fully saturated rings. The zero-order valence-corrected chi connectivity index (χ0v) is 12.6. The van der Waals surface area contributed by atoms with Crippen LogP contribution in [0.3, 0.4) is 0 Å². The fourth-order valence-corrected chi connectivity index (χ4v) is 5.27. The predicted molar refractivity (Wildman–Crippen MR) is 72.7 cm³/mol. The molecule has 1 aliphatic rings. The van der Waals surface area contributed by atoms with Crippen LogP contribution in [-0.4, -0.2) is 44.2 Å². The largest absolute Gasteiger partial charge is 0.397 e. The molecule has 9 heteroatoms. The lowest BCUT2D eigenvalue weighted by molar-refractivity contribution is -0.161. The van der Waals surface area contributed by atoms with Crippen molar-refractivity contribution in [3.05, 3.63) is 22.4 Å². The number of thiophene rings is 1. The highest BCUT2D eigenvalue weighted by Gasteiger charge is 2.37.